The van der Waals surface area contributed by atoms with Gasteiger partial charge in [0.05, 0.1) is 20.3 Å². The van der Waals surface area contributed by atoms with Gasteiger partial charge in [-0.3, -0.25) is 4.79 Å². The van der Waals surface area contributed by atoms with Crippen molar-refractivity contribution in [2.24, 2.45) is 10.8 Å². The highest BCUT2D eigenvalue weighted by Crippen LogP contribution is 2.44. The van der Waals surface area contributed by atoms with E-state index >= 15 is 0 Å². The van der Waals surface area contributed by atoms with Gasteiger partial charge < -0.3 is 19.3 Å². The highest BCUT2D eigenvalue weighted by atomic mass is 16.5. The van der Waals surface area contributed by atoms with E-state index in [9.17, 15) is 10.1 Å². The molecular formula is C62H99N3O3. The molecule has 0 aromatic heterocycles. The minimum atomic E-state index is 0. The Morgan fingerprint density at radius 2 is 0.941 bits per heavy atom. The second kappa shape index (κ2) is 32.3. The van der Waals surface area contributed by atoms with E-state index in [4.69, 9.17) is 9.47 Å². The first-order valence-electron chi connectivity index (χ1n) is 26.0. The standard InChI is InChI=1S/C31H46N2O.C29H45NO2.2CH4/c1-7-10-13-29-26(23-31(4,5)24-27(29)18-19-32)15-14-25-16-17-28(22-30(25)34-6)33(20-11-8-2)21-12-9-3;1-7-10-13-26-24(21-29(4,5)22-27(26)31)15-14-23-16-17-25(20-28(23)32-6)30(18-11-8-2)19-12-9-3;;/h14-18,22H,7-13,20-21,23-24H2,1-6H3;14-17,20H,7-13,18-19,21-22H2,1-6H3;2*1H4/b15-14+,27-18+;15-14+;;. The van der Waals surface area contributed by atoms with Crippen molar-refractivity contribution in [3.8, 4) is 17.6 Å². The molecule has 2 aromatic carbocycles. The fourth-order valence-electron chi connectivity index (χ4n) is 9.37. The zero-order valence-electron chi connectivity index (χ0n) is 44.0. The van der Waals surface area contributed by atoms with Gasteiger partial charge in [0.2, 0.25) is 0 Å². The zero-order valence-corrected chi connectivity index (χ0v) is 44.0. The van der Waals surface area contributed by atoms with Crippen LogP contribution in [0.4, 0.5) is 11.4 Å². The summed E-state index contributed by atoms with van der Waals surface area (Å²) in [6.07, 6.45) is 30.2. The highest BCUT2D eigenvalue weighted by Gasteiger charge is 2.32. The first kappa shape index (κ1) is 61.5. The maximum Gasteiger partial charge on any atom is 0.159 e. The molecule has 0 bridgehead atoms. The lowest BCUT2D eigenvalue weighted by atomic mass is 9.70. The summed E-state index contributed by atoms with van der Waals surface area (Å²) in [5, 5.41) is 9.39. The van der Waals surface area contributed by atoms with Gasteiger partial charge in [-0.1, -0.05) is 147 Å². The van der Waals surface area contributed by atoms with Crippen LogP contribution in [0.25, 0.3) is 12.2 Å². The van der Waals surface area contributed by atoms with Crippen LogP contribution in [-0.2, 0) is 4.79 Å². The SMILES string of the molecule is C.C.CCCCC1=C(/C=C/c2ccc(N(CCCC)CCCC)cc2OC)CC(C)(C)C/C1=C\C#N.CCCCC1=C(/C=C/c2ccc(N(CCCC)CCCC)cc2OC)CC(C)(C)CC1=O. The molecule has 0 amide bonds. The molecule has 0 atom stereocenters. The number of ether oxygens (including phenoxy) is 2. The van der Waals surface area contributed by atoms with E-state index in [0.29, 0.717) is 12.2 Å². The number of carbonyl (C=O) groups is 1. The first-order valence-corrected chi connectivity index (χ1v) is 26.0. The molecule has 0 N–H and O–H groups in total. The Hall–Kier alpha value is -4.50. The van der Waals surface area contributed by atoms with Crippen molar-refractivity contribution in [3.63, 3.8) is 0 Å². The number of unbranched alkanes of at least 4 members (excludes halogenated alkanes) is 6. The second-order valence-electron chi connectivity index (χ2n) is 20.4. The van der Waals surface area contributed by atoms with Gasteiger partial charge in [0.1, 0.15) is 11.5 Å². The fraction of sp³-hybridized carbons (Fsp3) is 0.613. The molecule has 2 aliphatic carbocycles. The van der Waals surface area contributed by atoms with Gasteiger partial charge in [-0.05, 0) is 134 Å². The molecule has 68 heavy (non-hydrogen) atoms. The number of hydrogen-bond donors (Lipinski definition) is 0. The van der Waals surface area contributed by atoms with Crippen LogP contribution in [0.2, 0.25) is 0 Å². The average Bonchev–Trinajstić information content (AvgIpc) is 3.29. The first-order chi connectivity index (χ1) is 31.7. The number of methoxy groups -OCH3 is 2. The number of carbonyl (C=O) groups excluding carboxylic acids is 1. The van der Waals surface area contributed by atoms with E-state index in [-0.39, 0.29) is 25.7 Å². The third-order valence-electron chi connectivity index (χ3n) is 13.2. The van der Waals surface area contributed by atoms with Crippen molar-refractivity contribution in [2.45, 2.75) is 200 Å². The third kappa shape index (κ3) is 19.8. The van der Waals surface area contributed by atoms with Crippen molar-refractivity contribution >= 4 is 29.3 Å². The van der Waals surface area contributed by atoms with E-state index < -0.39 is 0 Å². The number of hydrogen-bond acceptors (Lipinski definition) is 6. The molecule has 0 saturated heterocycles. The normalized spacial score (nSPS) is 16.0. The average molecular weight is 934 g/mol. The molecule has 0 heterocycles. The summed E-state index contributed by atoms with van der Waals surface area (Å²) >= 11 is 0. The number of Topliss-reactive ketones (excluding diaryl/α,β-unsaturated/α-hetero) is 1. The summed E-state index contributed by atoms with van der Waals surface area (Å²) in [6, 6.07) is 15.5. The summed E-state index contributed by atoms with van der Waals surface area (Å²) in [5.74, 6) is 2.15. The number of rotatable bonds is 26. The molecule has 380 valence electrons. The molecule has 0 aliphatic heterocycles. The van der Waals surface area contributed by atoms with Crippen molar-refractivity contribution in [3.05, 3.63) is 93.6 Å². The molecule has 0 spiro atoms. The molecule has 6 nitrogen and oxygen atoms in total. The number of ketones is 1. The predicted octanol–water partition coefficient (Wildman–Crippen LogP) is 18.1. The minimum absolute atomic E-state index is 0. The number of nitriles is 1. The number of benzene rings is 2. The molecule has 6 heteroatoms. The molecule has 4 rings (SSSR count). The topological polar surface area (TPSA) is 65.8 Å². The van der Waals surface area contributed by atoms with E-state index in [1.54, 1.807) is 20.3 Å². The molecule has 0 saturated carbocycles. The molecular weight excluding hydrogens is 835 g/mol. The predicted molar refractivity (Wildman–Crippen MR) is 299 cm³/mol. The zero-order chi connectivity index (χ0) is 48.5. The van der Waals surface area contributed by atoms with Crippen LogP contribution in [0.3, 0.4) is 0 Å². The van der Waals surface area contributed by atoms with Crippen LogP contribution < -0.4 is 19.3 Å². The van der Waals surface area contributed by atoms with Gasteiger partial charge in [0.15, 0.2) is 5.78 Å². The molecule has 2 aliphatic rings. The molecule has 0 unspecified atom stereocenters. The van der Waals surface area contributed by atoms with Gasteiger partial charge in [-0.25, -0.2) is 0 Å². The van der Waals surface area contributed by atoms with Crippen LogP contribution in [0.15, 0.2) is 82.5 Å². The molecule has 0 radical (unpaired) electrons. The summed E-state index contributed by atoms with van der Waals surface area (Å²) in [6.45, 7) is 26.8. The summed E-state index contributed by atoms with van der Waals surface area (Å²) in [5.41, 5.74) is 11.1. The summed E-state index contributed by atoms with van der Waals surface area (Å²) < 4.78 is 11.6. The Balaban J connectivity index is 0.000000662. The van der Waals surface area contributed by atoms with Gasteiger partial charge in [-0.15, -0.1) is 0 Å². The molecule has 0 fully saturated rings. The minimum Gasteiger partial charge on any atom is -0.496 e. The Kier molecular flexibility index (Phi) is 29.3. The van der Waals surface area contributed by atoms with Crippen molar-refractivity contribution < 1.29 is 14.3 Å². The lowest BCUT2D eigenvalue weighted by molar-refractivity contribution is -0.118. The van der Waals surface area contributed by atoms with E-state index in [0.717, 1.165) is 112 Å². The molecule has 2 aromatic rings. The fourth-order valence-corrected chi connectivity index (χ4v) is 9.37. The monoisotopic (exact) mass is 934 g/mol. The number of allylic oxidation sites excluding steroid dienone is 8. The lowest BCUT2D eigenvalue weighted by Gasteiger charge is -2.34. The summed E-state index contributed by atoms with van der Waals surface area (Å²) in [4.78, 5) is 17.8. The maximum atomic E-state index is 12.8. The van der Waals surface area contributed by atoms with Gasteiger partial charge in [0.25, 0.3) is 0 Å². The second-order valence-corrected chi connectivity index (χ2v) is 20.4. The van der Waals surface area contributed by atoms with Crippen LogP contribution in [-0.4, -0.2) is 46.2 Å². The number of anilines is 2. The Labute approximate surface area is 419 Å². The van der Waals surface area contributed by atoms with Gasteiger partial charge in [0, 0.05) is 73.3 Å². The Morgan fingerprint density at radius 3 is 1.32 bits per heavy atom. The number of nitrogens with zero attached hydrogens (tertiary/aromatic N) is 3. The summed E-state index contributed by atoms with van der Waals surface area (Å²) in [7, 11) is 3.51. The van der Waals surface area contributed by atoms with Crippen molar-refractivity contribution in [1.82, 2.24) is 0 Å². The van der Waals surface area contributed by atoms with Crippen molar-refractivity contribution in [1.29, 1.82) is 5.26 Å². The van der Waals surface area contributed by atoms with Gasteiger partial charge >= 0.3 is 0 Å². The maximum absolute atomic E-state index is 12.8. The van der Waals surface area contributed by atoms with Crippen molar-refractivity contribution in [2.75, 3.05) is 50.2 Å². The van der Waals surface area contributed by atoms with Crippen LogP contribution >= 0.6 is 0 Å². The van der Waals surface area contributed by atoms with E-state index in [2.05, 4.69) is 146 Å². The van der Waals surface area contributed by atoms with E-state index in [1.165, 1.54) is 85.0 Å². The third-order valence-corrected chi connectivity index (χ3v) is 13.2. The Bertz CT molecular complexity index is 1990. The largest absolute Gasteiger partial charge is 0.496 e. The van der Waals surface area contributed by atoms with Crippen LogP contribution in [0.1, 0.15) is 211 Å². The highest BCUT2D eigenvalue weighted by molar-refractivity contribution is 5.98. The van der Waals surface area contributed by atoms with Crippen LogP contribution in [0.5, 0.6) is 11.5 Å². The quantitative estimate of drug-likeness (QED) is 0.0876. The lowest BCUT2D eigenvalue weighted by Crippen LogP contribution is -2.25. The smallest absolute Gasteiger partial charge is 0.159 e. The Morgan fingerprint density at radius 1 is 0.559 bits per heavy atom. The van der Waals surface area contributed by atoms with Crippen LogP contribution in [0, 0.1) is 22.2 Å². The van der Waals surface area contributed by atoms with Gasteiger partial charge in [-0.2, -0.15) is 5.26 Å². The van der Waals surface area contributed by atoms with E-state index in [1.807, 2.05) is 0 Å².